The predicted octanol–water partition coefficient (Wildman–Crippen LogP) is 4.66. The summed E-state index contributed by atoms with van der Waals surface area (Å²) in [5.74, 6) is 0.226. The van der Waals surface area contributed by atoms with Crippen LogP contribution in [0, 0.1) is 18.7 Å². The van der Waals surface area contributed by atoms with Crippen molar-refractivity contribution in [3.8, 4) is 0 Å². The lowest BCUT2D eigenvalue weighted by Gasteiger charge is -2.39. The number of aryl methyl sites for hydroxylation is 1. The van der Waals surface area contributed by atoms with Crippen LogP contribution in [0.15, 0.2) is 72.8 Å². The number of benzene rings is 3. The Hall–Kier alpha value is -2.69. The molecule has 0 amide bonds. The van der Waals surface area contributed by atoms with Gasteiger partial charge in [-0.05, 0) is 41.8 Å². The Labute approximate surface area is 165 Å². The van der Waals surface area contributed by atoms with E-state index in [9.17, 15) is 4.39 Å². The standard InChI is InChI=1S/C24H24FN3/c1-16-7-12-22-20(13-16)24-21(23(26-27-24)18-5-3-2-4-6-18)15-28(22)14-17-8-10-19(25)11-9-17/h2-13,21,23-24,26-27H,14-15H2,1H3. The molecule has 5 rings (SSSR count). The lowest BCUT2D eigenvalue weighted by atomic mass is 9.81. The summed E-state index contributed by atoms with van der Waals surface area (Å²) in [4.78, 5) is 2.44. The average molecular weight is 373 g/mol. The molecule has 2 heterocycles. The molecule has 0 spiro atoms. The molecule has 3 aromatic carbocycles. The number of rotatable bonds is 3. The molecule has 2 aliphatic rings. The second-order valence-corrected chi connectivity index (χ2v) is 7.89. The highest BCUT2D eigenvalue weighted by atomic mass is 19.1. The summed E-state index contributed by atoms with van der Waals surface area (Å²) >= 11 is 0. The van der Waals surface area contributed by atoms with E-state index in [0.29, 0.717) is 5.92 Å². The highest BCUT2D eigenvalue weighted by molar-refractivity contribution is 5.59. The maximum absolute atomic E-state index is 13.3. The molecule has 3 unspecified atom stereocenters. The van der Waals surface area contributed by atoms with E-state index in [2.05, 4.69) is 71.2 Å². The molecule has 3 atom stereocenters. The van der Waals surface area contributed by atoms with E-state index in [4.69, 9.17) is 0 Å². The Morgan fingerprint density at radius 2 is 1.68 bits per heavy atom. The van der Waals surface area contributed by atoms with Gasteiger partial charge in [-0.3, -0.25) is 0 Å². The molecule has 2 N–H and O–H groups in total. The lowest BCUT2D eigenvalue weighted by molar-refractivity contribution is 0.402. The number of fused-ring (bicyclic) bond motifs is 3. The molecule has 0 aromatic heterocycles. The molecular formula is C24H24FN3. The highest BCUT2D eigenvalue weighted by Crippen LogP contribution is 2.45. The number of anilines is 1. The van der Waals surface area contributed by atoms with Crippen molar-refractivity contribution < 1.29 is 4.39 Å². The van der Waals surface area contributed by atoms with Gasteiger partial charge in [0.25, 0.3) is 0 Å². The third kappa shape index (κ3) is 3.09. The molecule has 2 aliphatic heterocycles. The number of hydrazine groups is 1. The first-order chi connectivity index (χ1) is 13.7. The summed E-state index contributed by atoms with van der Waals surface area (Å²) < 4.78 is 13.3. The fourth-order valence-corrected chi connectivity index (χ4v) is 4.62. The van der Waals surface area contributed by atoms with E-state index in [0.717, 1.165) is 18.7 Å². The normalized spacial score (nSPS) is 23.4. The van der Waals surface area contributed by atoms with Crippen LogP contribution in [-0.4, -0.2) is 6.54 Å². The third-order valence-corrected chi connectivity index (χ3v) is 5.99. The van der Waals surface area contributed by atoms with E-state index in [1.807, 2.05) is 12.1 Å². The van der Waals surface area contributed by atoms with Crippen LogP contribution in [0.4, 0.5) is 10.1 Å². The van der Waals surface area contributed by atoms with Crippen molar-refractivity contribution >= 4 is 5.69 Å². The van der Waals surface area contributed by atoms with Gasteiger partial charge >= 0.3 is 0 Å². The topological polar surface area (TPSA) is 27.3 Å². The maximum Gasteiger partial charge on any atom is 0.123 e. The van der Waals surface area contributed by atoms with Crippen LogP contribution in [0.5, 0.6) is 0 Å². The minimum Gasteiger partial charge on any atom is -0.367 e. The zero-order valence-electron chi connectivity index (χ0n) is 15.9. The number of halogens is 1. The zero-order chi connectivity index (χ0) is 19.1. The van der Waals surface area contributed by atoms with Gasteiger partial charge < -0.3 is 4.90 Å². The van der Waals surface area contributed by atoms with Gasteiger partial charge in [0.1, 0.15) is 5.82 Å². The number of nitrogens with zero attached hydrogens (tertiary/aromatic N) is 1. The van der Waals surface area contributed by atoms with Crippen LogP contribution in [-0.2, 0) is 6.54 Å². The Morgan fingerprint density at radius 3 is 2.46 bits per heavy atom. The van der Waals surface area contributed by atoms with Gasteiger partial charge in [0.2, 0.25) is 0 Å². The van der Waals surface area contributed by atoms with Crippen molar-refractivity contribution in [2.45, 2.75) is 25.6 Å². The van der Waals surface area contributed by atoms with E-state index in [-0.39, 0.29) is 17.9 Å². The Kier molecular flexibility index (Phi) is 4.38. The van der Waals surface area contributed by atoms with Gasteiger partial charge in [-0.2, -0.15) is 0 Å². The summed E-state index contributed by atoms with van der Waals surface area (Å²) in [5, 5.41) is 0. The molecule has 4 heteroatoms. The minimum absolute atomic E-state index is 0.188. The lowest BCUT2D eigenvalue weighted by Crippen LogP contribution is -2.39. The molecule has 0 saturated carbocycles. The first kappa shape index (κ1) is 17.4. The largest absolute Gasteiger partial charge is 0.367 e. The average Bonchev–Trinajstić information content (AvgIpc) is 3.14. The van der Waals surface area contributed by atoms with E-state index >= 15 is 0 Å². The van der Waals surface area contributed by atoms with Crippen LogP contribution in [0.25, 0.3) is 0 Å². The maximum atomic E-state index is 13.3. The monoisotopic (exact) mass is 373 g/mol. The molecule has 1 saturated heterocycles. The van der Waals surface area contributed by atoms with Gasteiger partial charge in [0.15, 0.2) is 0 Å². The predicted molar refractivity (Wildman–Crippen MR) is 110 cm³/mol. The van der Waals surface area contributed by atoms with E-state index < -0.39 is 0 Å². The summed E-state index contributed by atoms with van der Waals surface area (Å²) in [7, 11) is 0. The van der Waals surface area contributed by atoms with Crippen molar-refractivity contribution in [3.05, 3.63) is 101 Å². The summed E-state index contributed by atoms with van der Waals surface area (Å²) in [6.45, 7) is 3.87. The van der Waals surface area contributed by atoms with Crippen molar-refractivity contribution in [1.29, 1.82) is 0 Å². The molecule has 1 fully saturated rings. The summed E-state index contributed by atoms with van der Waals surface area (Å²) in [6.07, 6.45) is 0. The van der Waals surface area contributed by atoms with Crippen molar-refractivity contribution in [3.63, 3.8) is 0 Å². The van der Waals surface area contributed by atoms with Crippen molar-refractivity contribution in [1.82, 2.24) is 10.9 Å². The summed E-state index contributed by atoms with van der Waals surface area (Å²) in [6, 6.07) is 24.7. The highest BCUT2D eigenvalue weighted by Gasteiger charge is 2.43. The smallest absolute Gasteiger partial charge is 0.123 e. The second-order valence-electron chi connectivity index (χ2n) is 7.89. The van der Waals surface area contributed by atoms with Gasteiger partial charge in [0, 0.05) is 24.7 Å². The molecule has 0 aliphatic carbocycles. The molecule has 3 aromatic rings. The first-order valence-electron chi connectivity index (χ1n) is 9.85. The minimum atomic E-state index is -0.188. The third-order valence-electron chi connectivity index (χ3n) is 5.99. The van der Waals surface area contributed by atoms with Crippen LogP contribution in [0.1, 0.15) is 34.3 Å². The van der Waals surface area contributed by atoms with Crippen LogP contribution in [0.2, 0.25) is 0 Å². The van der Waals surface area contributed by atoms with Gasteiger partial charge in [-0.1, -0.05) is 60.2 Å². The Balaban J connectivity index is 1.51. The van der Waals surface area contributed by atoms with Crippen LogP contribution in [0.3, 0.4) is 0 Å². The Morgan fingerprint density at radius 1 is 0.929 bits per heavy atom. The fraction of sp³-hybridized carbons (Fsp3) is 0.250. The van der Waals surface area contributed by atoms with Crippen LogP contribution >= 0.6 is 0 Å². The zero-order valence-corrected chi connectivity index (χ0v) is 15.9. The first-order valence-corrected chi connectivity index (χ1v) is 9.85. The van der Waals surface area contributed by atoms with E-state index in [1.165, 1.54) is 22.4 Å². The SMILES string of the molecule is Cc1ccc2c(c1)C1NNC(c3ccccc3)C1CN2Cc1ccc(F)cc1. The van der Waals surface area contributed by atoms with Gasteiger partial charge in [-0.15, -0.1) is 0 Å². The van der Waals surface area contributed by atoms with Crippen LogP contribution < -0.4 is 15.8 Å². The second kappa shape index (κ2) is 7.04. The quantitative estimate of drug-likeness (QED) is 0.699. The molecule has 28 heavy (non-hydrogen) atoms. The molecule has 142 valence electrons. The van der Waals surface area contributed by atoms with E-state index in [1.54, 1.807) is 12.1 Å². The van der Waals surface area contributed by atoms with Crippen molar-refractivity contribution in [2.75, 3.05) is 11.4 Å². The number of hydrogen-bond acceptors (Lipinski definition) is 3. The fourth-order valence-electron chi connectivity index (χ4n) is 4.62. The van der Waals surface area contributed by atoms with Crippen molar-refractivity contribution in [2.24, 2.45) is 5.92 Å². The molecule has 0 radical (unpaired) electrons. The summed E-state index contributed by atoms with van der Waals surface area (Å²) in [5.41, 5.74) is 13.4. The van der Waals surface area contributed by atoms with Gasteiger partial charge in [0.05, 0.1) is 12.1 Å². The molecular weight excluding hydrogens is 349 g/mol. The Bertz CT molecular complexity index is 971. The molecule has 0 bridgehead atoms. The number of hydrogen-bond donors (Lipinski definition) is 2. The molecule has 3 nitrogen and oxygen atoms in total. The van der Waals surface area contributed by atoms with Gasteiger partial charge in [-0.25, -0.2) is 15.2 Å². The number of nitrogens with one attached hydrogen (secondary N) is 2.